The van der Waals surface area contributed by atoms with E-state index in [1.54, 1.807) is 31.3 Å². The summed E-state index contributed by atoms with van der Waals surface area (Å²) >= 11 is 0. The Morgan fingerprint density at radius 3 is 2.58 bits per heavy atom. The van der Waals surface area contributed by atoms with Gasteiger partial charge in [-0.3, -0.25) is 4.79 Å². The molecule has 0 radical (unpaired) electrons. The van der Waals surface area contributed by atoms with E-state index in [9.17, 15) is 23.1 Å². The highest BCUT2D eigenvalue weighted by Gasteiger charge is 2.48. The van der Waals surface area contributed by atoms with E-state index in [1.807, 2.05) is 0 Å². The zero-order valence-electron chi connectivity index (χ0n) is 17.8. The monoisotopic (exact) mass is 462 g/mol. The summed E-state index contributed by atoms with van der Waals surface area (Å²) < 4.78 is 43.0. The van der Waals surface area contributed by atoms with E-state index >= 15 is 0 Å². The second kappa shape index (κ2) is 8.43. The molecule has 0 saturated carbocycles. The van der Waals surface area contributed by atoms with E-state index in [0.29, 0.717) is 29.3 Å². The number of alkyl halides is 3. The van der Waals surface area contributed by atoms with Crippen LogP contribution in [0.3, 0.4) is 0 Å². The Labute approximate surface area is 186 Å². The van der Waals surface area contributed by atoms with Crippen LogP contribution in [-0.4, -0.2) is 61.8 Å². The van der Waals surface area contributed by atoms with Crippen molar-refractivity contribution < 1.29 is 27.6 Å². The fourth-order valence-electron chi connectivity index (χ4n) is 3.58. The minimum absolute atomic E-state index is 0.0335. The average molecular weight is 462 g/mol. The van der Waals surface area contributed by atoms with Crippen LogP contribution in [-0.2, 0) is 10.4 Å². The minimum atomic E-state index is -4.30. The molecule has 0 aliphatic carbocycles. The lowest BCUT2D eigenvalue weighted by Crippen LogP contribution is -2.35. The molecule has 9 nitrogen and oxygen atoms in total. The molecule has 0 unspecified atom stereocenters. The van der Waals surface area contributed by atoms with Crippen molar-refractivity contribution in [3.05, 3.63) is 42.3 Å². The zero-order valence-corrected chi connectivity index (χ0v) is 17.8. The topological polar surface area (TPSA) is 117 Å². The van der Waals surface area contributed by atoms with Gasteiger partial charge in [0, 0.05) is 38.3 Å². The Bertz CT molecular complexity index is 1170. The molecular weight excluding hydrogens is 441 g/mol. The lowest BCUT2D eigenvalue weighted by Gasteiger charge is -2.16. The molecule has 12 heteroatoms. The van der Waals surface area contributed by atoms with Gasteiger partial charge in [-0.15, -0.1) is 0 Å². The fraction of sp³-hybridized carbons (Fsp3) is 0.381. The van der Waals surface area contributed by atoms with Crippen LogP contribution >= 0.6 is 0 Å². The summed E-state index contributed by atoms with van der Waals surface area (Å²) in [6, 6.07) is 7.19. The van der Waals surface area contributed by atoms with Crippen LogP contribution in [0.25, 0.3) is 22.8 Å². The predicted octanol–water partition coefficient (Wildman–Crippen LogP) is 3.00. The van der Waals surface area contributed by atoms with Gasteiger partial charge in [-0.2, -0.15) is 13.2 Å². The van der Waals surface area contributed by atoms with Crippen molar-refractivity contribution in [3.8, 4) is 22.8 Å². The molecule has 0 spiro atoms. The van der Waals surface area contributed by atoms with E-state index in [2.05, 4.69) is 25.4 Å². The highest BCUT2D eigenvalue weighted by molar-refractivity contribution is 5.87. The lowest BCUT2D eigenvalue weighted by atomic mass is 9.98. The molecule has 1 aliphatic heterocycles. The van der Waals surface area contributed by atoms with Crippen molar-refractivity contribution in [2.45, 2.75) is 37.6 Å². The highest BCUT2D eigenvalue weighted by Crippen LogP contribution is 2.34. The van der Waals surface area contributed by atoms with Crippen LogP contribution in [0.1, 0.15) is 25.5 Å². The first-order valence-electron chi connectivity index (χ1n) is 10.1. The third kappa shape index (κ3) is 4.80. The van der Waals surface area contributed by atoms with Gasteiger partial charge in [-0.25, -0.2) is 15.0 Å². The van der Waals surface area contributed by atoms with Crippen molar-refractivity contribution >= 4 is 11.9 Å². The fourth-order valence-corrected chi connectivity index (χ4v) is 3.58. The molecule has 2 N–H and O–H groups in total. The Morgan fingerprint density at radius 1 is 1.21 bits per heavy atom. The maximum atomic E-state index is 12.6. The van der Waals surface area contributed by atoms with E-state index in [1.165, 1.54) is 24.1 Å². The number of aromatic nitrogens is 4. The molecule has 4 rings (SSSR count). The van der Waals surface area contributed by atoms with Crippen LogP contribution in [0.4, 0.5) is 19.1 Å². The number of carbonyl (C=O) groups excluding carboxylic acids is 1. The molecule has 174 valence electrons. The Hall–Kier alpha value is -3.54. The van der Waals surface area contributed by atoms with Crippen molar-refractivity contribution in [1.29, 1.82) is 0 Å². The molecular formula is C21H21F3N6O3. The van der Waals surface area contributed by atoms with Gasteiger partial charge >= 0.3 is 6.18 Å². The van der Waals surface area contributed by atoms with Crippen molar-refractivity contribution in [2.24, 2.45) is 0 Å². The third-order valence-corrected chi connectivity index (χ3v) is 5.27. The van der Waals surface area contributed by atoms with E-state index in [-0.39, 0.29) is 18.1 Å². The number of likely N-dealkylation sites (tertiary alicyclic amines) is 1. The van der Waals surface area contributed by atoms with Crippen molar-refractivity contribution in [1.82, 2.24) is 25.0 Å². The Balaban J connectivity index is 1.56. The standard InChI is InChI=1S/C21H21F3N6O3/c1-12(11-21(22,23)24)26-19-25-8-6-15(28-19)13-4-3-5-14(27-13)16-10-17(33-29-16)20(32)7-9-30(2)18(20)31/h3-6,8,10,12,32H,7,9,11H2,1-2H3,(H,25,26,28)/t12-,20+/m0/s1. The molecule has 1 saturated heterocycles. The summed E-state index contributed by atoms with van der Waals surface area (Å²) in [6.07, 6.45) is -3.71. The van der Waals surface area contributed by atoms with Crippen LogP contribution in [0.5, 0.6) is 0 Å². The molecule has 3 aromatic rings. The van der Waals surface area contributed by atoms with Crippen LogP contribution < -0.4 is 5.32 Å². The molecule has 4 heterocycles. The van der Waals surface area contributed by atoms with Gasteiger partial charge in [0.05, 0.1) is 23.5 Å². The van der Waals surface area contributed by atoms with E-state index in [0.717, 1.165) is 0 Å². The first-order valence-corrected chi connectivity index (χ1v) is 10.1. The molecule has 2 atom stereocenters. The molecule has 1 amide bonds. The van der Waals surface area contributed by atoms with Gasteiger partial charge in [0.15, 0.2) is 5.76 Å². The van der Waals surface area contributed by atoms with Gasteiger partial charge in [-0.05, 0) is 25.1 Å². The maximum absolute atomic E-state index is 12.6. The molecule has 1 fully saturated rings. The number of nitrogens with zero attached hydrogens (tertiary/aromatic N) is 5. The normalized spacial score (nSPS) is 19.7. The summed E-state index contributed by atoms with van der Waals surface area (Å²) in [5.74, 6) is -0.384. The Kier molecular flexibility index (Phi) is 5.78. The smallest absolute Gasteiger partial charge is 0.373 e. The summed E-state index contributed by atoms with van der Waals surface area (Å²) in [5, 5.41) is 17.3. The van der Waals surface area contributed by atoms with Gasteiger partial charge in [-0.1, -0.05) is 11.2 Å². The first-order chi connectivity index (χ1) is 15.5. The Morgan fingerprint density at radius 2 is 1.91 bits per heavy atom. The summed E-state index contributed by atoms with van der Waals surface area (Å²) in [6.45, 7) is 1.79. The minimum Gasteiger partial charge on any atom is -0.373 e. The van der Waals surface area contributed by atoms with Crippen molar-refractivity contribution in [2.75, 3.05) is 18.9 Å². The quantitative estimate of drug-likeness (QED) is 0.574. The van der Waals surface area contributed by atoms with Gasteiger partial charge < -0.3 is 19.8 Å². The van der Waals surface area contributed by atoms with Gasteiger partial charge in [0.25, 0.3) is 5.91 Å². The largest absolute Gasteiger partial charge is 0.391 e. The lowest BCUT2D eigenvalue weighted by molar-refractivity contribution is -0.144. The number of anilines is 1. The zero-order chi connectivity index (χ0) is 23.8. The first kappa shape index (κ1) is 22.6. The number of halogens is 3. The van der Waals surface area contributed by atoms with Gasteiger partial charge in [0.2, 0.25) is 11.5 Å². The number of rotatable bonds is 6. The molecule has 0 bridgehead atoms. The molecule has 0 aromatic carbocycles. The van der Waals surface area contributed by atoms with Crippen molar-refractivity contribution in [3.63, 3.8) is 0 Å². The number of aliphatic hydroxyl groups is 1. The number of pyridine rings is 1. The van der Waals surface area contributed by atoms with E-state index in [4.69, 9.17) is 4.52 Å². The summed E-state index contributed by atoms with van der Waals surface area (Å²) in [5.41, 5.74) is -0.222. The SMILES string of the molecule is C[C@@H](CC(F)(F)F)Nc1nccc(-c2cccc(-c3cc([C@]4(O)CCN(C)C4=O)on3)n2)n1. The number of carbonyl (C=O) groups is 1. The predicted molar refractivity (Wildman–Crippen MR) is 111 cm³/mol. The highest BCUT2D eigenvalue weighted by atomic mass is 19.4. The second-order valence-electron chi connectivity index (χ2n) is 7.95. The second-order valence-corrected chi connectivity index (χ2v) is 7.95. The van der Waals surface area contributed by atoms with Gasteiger partial charge in [0.1, 0.15) is 5.69 Å². The number of hydrogen-bond donors (Lipinski definition) is 2. The number of likely N-dealkylation sites (N-methyl/N-ethyl adjacent to an activating group) is 1. The molecule has 3 aromatic heterocycles. The summed E-state index contributed by atoms with van der Waals surface area (Å²) in [4.78, 5) is 26.4. The third-order valence-electron chi connectivity index (χ3n) is 5.27. The van der Waals surface area contributed by atoms with Crippen LogP contribution in [0.2, 0.25) is 0 Å². The number of amides is 1. The maximum Gasteiger partial charge on any atom is 0.391 e. The number of nitrogens with one attached hydrogen (secondary N) is 1. The average Bonchev–Trinajstić information content (AvgIpc) is 3.35. The van der Waals surface area contributed by atoms with Crippen LogP contribution in [0, 0.1) is 0 Å². The molecule has 1 aliphatic rings. The number of hydrogen-bond acceptors (Lipinski definition) is 8. The van der Waals surface area contributed by atoms with E-state index < -0.39 is 30.1 Å². The van der Waals surface area contributed by atoms with Crippen LogP contribution in [0.15, 0.2) is 41.1 Å². The molecule has 33 heavy (non-hydrogen) atoms. The summed E-state index contributed by atoms with van der Waals surface area (Å²) in [7, 11) is 1.59.